The minimum atomic E-state index is -0.194. The molecule has 2 N–H and O–H groups in total. The number of benzene rings is 2. The normalized spacial score (nSPS) is 10.4. The number of amides is 3. The van der Waals surface area contributed by atoms with Gasteiger partial charge in [-0.15, -0.1) is 0 Å². The molecule has 30 heavy (non-hydrogen) atoms. The molecular formula is C23H27N5O2. The lowest BCUT2D eigenvalue weighted by Crippen LogP contribution is -2.39. The minimum Gasteiger partial charge on any atom is -0.356 e. The first-order valence-corrected chi connectivity index (χ1v) is 10.0. The standard InChI is InChI=1S/C23H27N5O2/c1-27(17-19-8-4-2-5-9-19)23(30)25-15-13-22(29)24-14-12-20-16-26-28(18-20)21-10-6-3-7-11-21/h2-11,16,18H,12-15,17H2,1H3,(H,24,29)(H,25,30). The van der Waals surface area contributed by atoms with E-state index in [1.54, 1.807) is 11.9 Å². The van der Waals surface area contributed by atoms with E-state index in [9.17, 15) is 9.59 Å². The Morgan fingerprint density at radius 2 is 1.63 bits per heavy atom. The molecule has 3 amide bonds. The van der Waals surface area contributed by atoms with Gasteiger partial charge >= 0.3 is 6.03 Å². The summed E-state index contributed by atoms with van der Waals surface area (Å²) in [5.74, 6) is -0.0866. The molecule has 156 valence electrons. The van der Waals surface area contributed by atoms with E-state index in [4.69, 9.17) is 0 Å². The van der Waals surface area contributed by atoms with Crippen LogP contribution in [0.2, 0.25) is 0 Å². The van der Waals surface area contributed by atoms with Crippen LogP contribution in [-0.4, -0.2) is 46.8 Å². The molecule has 1 heterocycles. The lowest BCUT2D eigenvalue weighted by molar-refractivity contribution is -0.120. The predicted molar refractivity (Wildman–Crippen MR) is 116 cm³/mol. The number of nitrogens with one attached hydrogen (secondary N) is 2. The van der Waals surface area contributed by atoms with Gasteiger partial charge in [0, 0.05) is 39.3 Å². The van der Waals surface area contributed by atoms with Crippen molar-refractivity contribution in [2.75, 3.05) is 20.1 Å². The summed E-state index contributed by atoms with van der Waals surface area (Å²) in [5.41, 5.74) is 3.11. The first kappa shape index (κ1) is 21.1. The number of rotatable bonds is 9. The highest BCUT2D eigenvalue weighted by atomic mass is 16.2. The van der Waals surface area contributed by atoms with Crippen molar-refractivity contribution in [2.24, 2.45) is 0 Å². The molecule has 3 aromatic rings. The van der Waals surface area contributed by atoms with Gasteiger partial charge in [0.25, 0.3) is 0 Å². The molecule has 0 atom stereocenters. The van der Waals surface area contributed by atoms with Crippen molar-refractivity contribution >= 4 is 11.9 Å². The lowest BCUT2D eigenvalue weighted by Gasteiger charge is -2.18. The third-order valence-electron chi connectivity index (χ3n) is 4.63. The van der Waals surface area contributed by atoms with Crippen LogP contribution in [0, 0.1) is 0 Å². The van der Waals surface area contributed by atoms with E-state index in [2.05, 4.69) is 15.7 Å². The minimum absolute atomic E-state index is 0.0866. The highest BCUT2D eigenvalue weighted by Crippen LogP contribution is 2.07. The molecule has 0 saturated heterocycles. The number of aromatic nitrogens is 2. The Hall–Kier alpha value is -3.61. The molecule has 0 bridgehead atoms. The fraction of sp³-hybridized carbons (Fsp3) is 0.261. The third kappa shape index (κ3) is 6.48. The monoisotopic (exact) mass is 405 g/mol. The van der Waals surface area contributed by atoms with Crippen LogP contribution in [0.5, 0.6) is 0 Å². The van der Waals surface area contributed by atoms with Gasteiger partial charge in [-0.2, -0.15) is 5.10 Å². The Morgan fingerprint density at radius 3 is 2.37 bits per heavy atom. The van der Waals surface area contributed by atoms with E-state index in [1.165, 1.54) is 0 Å². The van der Waals surface area contributed by atoms with Crippen molar-refractivity contribution in [1.29, 1.82) is 0 Å². The lowest BCUT2D eigenvalue weighted by atomic mass is 10.2. The van der Waals surface area contributed by atoms with Crippen molar-refractivity contribution < 1.29 is 9.59 Å². The zero-order valence-electron chi connectivity index (χ0n) is 17.1. The molecule has 7 heteroatoms. The summed E-state index contributed by atoms with van der Waals surface area (Å²) < 4.78 is 1.82. The highest BCUT2D eigenvalue weighted by molar-refractivity contribution is 5.78. The molecule has 0 unspecified atom stereocenters. The molecule has 2 aromatic carbocycles. The maximum absolute atomic E-state index is 12.1. The highest BCUT2D eigenvalue weighted by Gasteiger charge is 2.09. The van der Waals surface area contributed by atoms with Crippen LogP contribution in [0.15, 0.2) is 73.1 Å². The van der Waals surface area contributed by atoms with Crippen LogP contribution in [0.3, 0.4) is 0 Å². The van der Waals surface area contributed by atoms with E-state index in [-0.39, 0.29) is 18.4 Å². The Kier molecular flexibility index (Phi) is 7.60. The molecule has 0 spiro atoms. The second kappa shape index (κ2) is 10.8. The van der Waals surface area contributed by atoms with Crippen LogP contribution < -0.4 is 10.6 Å². The molecule has 0 aliphatic carbocycles. The summed E-state index contributed by atoms with van der Waals surface area (Å²) in [6.45, 7) is 1.35. The second-order valence-corrected chi connectivity index (χ2v) is 7.05. The number of hydrogen-bond acceptors (Lipinski definition) is 3. The quantitative estimate of drug-likeness (QED) is 0.575. The average Bonchev–Trinajstić information content (AvgIpc) is 3.24. The Morgan fingerprint density at radius 1 is 0.933 bits per heavy atom. The Balaban J connectivity index is 1.31. The summed E-state index contributed by atoms with van der Waals surface area (Å²) in [7, 11) is 1.73. The van der Waals surface area contributed by atoms with Crippen molar-refractivity contribution in [3.63, 3.8) is 0 Å². The van der Waals surface area contributed by atoms with Crippen LogP contribution in [0.4, 0.5) is 4.79 Å². The number of nitrogens with zero attached hydrogens (tertiary/aromatic N) is 3. The van der Waals surface area contributed by atoms with Gasteiger partial charge in [0.1, 0.15) is 0 Å². The number of para-hydroxylation sites is 1. The zero-order valence-corrected chi connectivity index (χ0v) is 17.1. The van der Waals surface area contributed by atoms with Crippen LogP contribution in [0.1, 0.15) is 17.5 Å². The van der Waals surface area contributed by atoms with Crippen molar-refractivity contribution in [3.05, 3.63) is 84.2 Å². The molecule has 1 aromatic heterocycles. The fourth-order valence-electron chi connectivity index (χ4n) is 2.99. The van der Waals surface area contributed by atoms with Gasteiger partial charge in [0.2, 0.25) is 5.91 Å². The summed E-state index contributed by atoms with van der Waals surface area (Å²) in [6, 6.07) is 19.5. The Labute approximate surface area is 176 Å². The molecule has 0 saturated carbocycles. The van der Waals surface area contributed by atoms with E-state index < -0.39 is 0 Å². The maximum atomic E-state index is 12.1. The van der Waals surface area contributed by atoms with Gasteiger partial charge in [-0.3, -0.25) is 4.79 Å². The summed E-state index contributed by atoms with van der Waals surface area (Å²) >= 11 is 0. The molecule has 0 aliphatic heterocycles. The predicted octanol–water partition coefficient (Wildman–Crippen LogP) is 2.76. The largest absolute Gasteiger partial charge is 0.356 e. The van der Waals surface area contributed by atoms with E-state index in [0.29, 0.717) is 26.1 Å². The van der Waals surface area contributed by atoms with Gasteiger partial charge in [0.05, 0.1) is 11.9 Å². The van der Waals surface area contributed by atoms with Crippen LogP contribution in [-0.2, 0) is 17.8 Å². The smallest absolute Gasteiger partial charge is 0.317 e. The summed E-state index contributed by atoms with van der Waals surface area (Å²) in [5, 5.41) is 10.0. The molecular weight excluding hydrogens is 378 g/mol. The molecule has 0 fully saturated rings. The summed E-state index contributed by atoms with van der Waals surface area (Å²) in [6.07, 6.45) is 4.71. The van der Waals surface area contributed by atoms with Crippen LogP contribution in [0.25, 0.3) is 5.69 Å². The van der Waals surface area contributed by atoms with Gasteiger partial charge < -0.3 is 15.5 Å². The van der Waals surface area contributed by atoms with E-state index >= 15 is 0 Å². The van der Waals surface area contributed by atoms with Gasteiger partial charge in [0.15, 0.2) is 0 Å². The van der Waals surface area contributed by atoms with E-state index in [0.717, 1.165) is 16.8 Å². The fourth-order valence-corrected chi connectivity index (χ4v) is 2.99. The van der Waals surface area contributed by atoms with Gasteiger partial charge in [-0.05, 0) is 29.7 Å². The number of carbonyl (C=O) groups is 2. The molecule has 3 rings (SSSR count). The van der Waals surface area contributed by atoms with Gasteiger partial charge in [-0.1, -0.05) is 48.5 Å². The maximum Gasteiger partial charge on any atom is 0.317 e. The van der Waals surface area contributed by atoms with Crippen molar-refractivity contribution in [2.45, 2.75) is 19.4 Å². The average molecular weight is 406 g/mol. The number of hydrogen-bond donors (Lipinski definition) is 2. The first-order chi connectivity index (χ1) is 14.6. The van der Waals surface area contributed by atoms with Crippen molar-refractivity contribution in [3.8, 4) is 5.69 Å². The number of carbonyl (C=O) groups excluding carboxylic acids is 2. The first-order valence-electron chi connectivity index (χ1n) is 10.0. The molecule has 0 aliphatic rings. The molecule has 0 radical (unpaired) electrons. The van der Waals surface area contributed by atoms with E-state index in [1.807, 2.05) is 77.7 Å². The van der Waals surface area contributed by atoms with Crippen LogP contribution >= 0.6 is 0 Å². The number of urea groups is 1. The second-order valence-electron chi connectivity index (χ2n) is 7.05. The van der Waals surface area contributed by atoms with Crippen molar-refractivity contribution in [1.82, 2.24) is 25.3 Å². The topological polar surface area (TPSA) is 79.3 Å². The summed E-state index contributed by atoms with van der Waals surface area (Å²) in [4.78, 5) is 25.7. The zero-order chi connectivity index (χ0) is 21.2. The third-order valence-corrected chi connectivity index (χ3v) is 4.63. The SMILES string of the molecule is CN(Cc1ccccc1)C(=O)NCCC(=O)NCCc1cnn(-c2ccccc2)c1. The van der Waals surface area contributed by atoms with Gasteiger partial charge in [-0.25, -0.2) is 9.48 Å². The molecule has 7 nitrogen and oxygen atoms in total. The Bertz CT molecular complexity index is 940.